The third-order valence-electron chi connectivity index (χ3n) is 4.71. The molecule has 0 aliphatic heterocycles. The van der Waals surface area contributed by atoms with Gasteiger partial charge in [-0.15, -0.1) is 0 Å². The number of hydrogen-bond donors (Lipinski definition) is 1. The molecular formula is C21H24BrNO2. The van der Waals surface area contributed by atoms with Gasteiger partial charge in [0.1, 0.15) is 0 Å². The molecule has 1 aliphatic carbocycles. The number of amides is 1. The van der Waals surface area contributed by atoms with Crippen molar-refractivity contribution in [1.82, 2.24) is 5.32 Å². The average molecular weight is 402 g/mol. The van der Waals surface area contributed by atoms with Gasteiger partial charge in [0.2, 0.25) is 0 Å². The molecule has 0 unspecified atom stereocenters. The molecule has 0 atom stereocenters. The van der Waals surface area contributed by atoms with Crippen LogP contribution in [0, 0.1) is 0 Å². The summed E-state index contributed by atoms with van der Waals surface area (Å²) in [6.45, 7) is 2.66. The van der Waals surface area contributed by atoms with Crippen LogP contribution in [-0.2, 0) is 10.3 Å². The van der Waals surface area contributed by atoms with Gasteiger partial charge < -0.3 is 10.1 Å². The highest BCUT2D eigenvalue weighted by Gasteiger charge is 2.45. The van der Waals surface area contributed by atoms with Gasteiger partial charge >= 0.3 is 6.09 Å². The molecule has 132 valence electrons. The molecule has 4 heteroatoms. The molecule has 0 aromatic heterocycles. The quantitative estimate of drug-likeness (QED) is 0.483. The van der Waals surface area contributed by atoms with Crippen LogP contribution in [0.25, 0.3) is 11.1 Å². The second kappa shape index (κ2) is 8.05. The van der Waals surface area contributed by atoms with Crippen LogP contribution in [0.15, 0.2) is 48.5 Å². The van der Waals surface area contributed by atoms with Gasteiger partial charge in [-0.25, -0.2) is 4.79 Å². The van der Waals surface area contributed by atoms with Gasteiger partial charge in [0.05, 0.1) is 0 Å². The number of carbonyl (C=O) groups excluding carboxylic acids is 1. The molecule has 0 heterocycles. The normalized spacial score (nSPS) is 13.8. The van der Waals surface area contributed by atoms with E-state index in [9.17, 15) is 4.79 Å². The third kappa shape index (κ3) is 3.45. The minimum Gasteiger partial charge on any atom is -0.433 e. The molecule has 0 spiro atoms. The first kappa shape index (κ1) is 18.0. The summed E-state index contributed by atoms with van der Waals surface area (Å²) in [5.74, 6) is 0. The van der Waals surface area contributed by atoms with Crippen molar-refractivity contribution in [3.05, 3.63) is 59.7 Å². The summed E-state index contributed by atoms with van der Waals surface area (Å²) >= 11 is 3.51. The SMILES string of the molecule is CCCNC(=O)OC1(CCCCBr)c2ccccc2-c2ccccc21. The fraction of sp³-hybridized carbons (Fsp3) is 0.381. The molecule has 2 aromatic carbocycles. The summed E-state index contributed by atoms with van der Waals surface area (Å²) in [5, 5.41) is 3.82. The molecule has 1 aliphatic rings. The zero-order chi connectivity index (χ0) is 17.7. The molecule has 0 bridgehead atoms. The Labute approximate surface area is 157 Å². The standard InChI is InChI=1S/C21H24BrNO2/c1-2-15-23-20(24)25-21(13-7-8-14-22)18-11-5-3-9-16(18)17-10-4-6-12-19(17)21/h3-6,9-12H,2,7-8,13-15H2,1H3,(H,23,24). The van der Waals surface area contributed by atoms with Gasteiger partial charge in [-0.05, 0) is 36.8 Å². The number of alkyl carbamates (subject to hydrolysis) is 1. The summed E-state index contributed by atoms with van der Waals surface area (Å²) < 4.78 is 6.14. The monoisotopic (exact) mass is 401 g/mol. The van der Waals surface area contributed by atoms with Gasteiger partial charge in [-0.1, -0.05) is 71.4 Å². The van der Waals surface area contributed by atoms with Crippen LogP contribution < -0.4 is 5.32 Å². The van der Waals surface area contributed by atoms with Crippen LogP contribution in [0.1, 0.15) is 43.7 Å². The third-order valence-corrected chi connectivity index (χ3v) is 5.27. The minimum absolute atomic E-state index is 0.341. The van der Waals surface area contributed by atoms with E-state index in [2.05, 4.69) is 45.5 Å². The van der Waals surface area contributed by atoms with Gasteiger partial charge in [-0.3, -0.25) is 0 Å². The summed E-state index contributed by atoms with van der Waals surface area (Å²) in [6.07, 6.45) is 3.36. The summed E-state index contributed by atoms with van der Waals surface area (Å²) in [6, 6.07) is 16.6. The first-order valence-corrected chi connectivity index (χ1v) is 10.1. The fourth-order valence-electron chi connectivity index (χ4n) is 3.61. The highest BCUT2D eigenvalue weighted by molar-refractivity contribution is 9.09. The molecule has 25 heavy (non-hydrogen) atoms. The lowest BCUT2D eigenvalue weighted by Gasteiger charge is -2.32. The van der Waals surface area contributed by atoms with Crippen LogP contribution >= 0.6 is 15.9 Å². The molecule has 0 saturated carbocycles. The van der Waals surface area contributed by atoms with E-state index in [1.807, 2.05) is 31.2 Å². The molecule has 0 fully saturated rings. The van der Waals surface area contributed by atoms with E-state index in [-0.39, 0.29) is 6.09 Å². The zero-order valence-electron chi connectivity index (χ0n) is 14.6. The predicted octanol–water partition coefficient (Wildman–Crippen LogP) is 5.61. The second-order valence-corrected chi connectivity index (χ2v) is 7.17. The Morgan fingerprint density at radius 1 is 1.04 bits per heavy atom. The van der Waals surface area contributed by atoms with E-state index in [0.717, 1.165) is 42.1 Å². The van der Waals surface area contributed by atoms with E-state index >= 15 is 0 Å². The van der Waals surface area contributed by atoms with E-state index in [1.54, 1.807) is 0 Å². The largest absolute Gasteiger partial charge is 0.433 e. The number of alkyl halides is 1. The van der Waals surface area contributed by atoms with Crippen molar-refractivity contribution in [3.63, 3.8) is 0 Å². The molecule has 3 nitrogen and oxygen atoms in total. The van der Waals surface area contributed by atoms with Crippen molar-refractivity contribution in [1.29, 1.82) is 0 Å². The van der Waals surface area contributed by atoms with Gasteiger partial charge in [0.25, 0.3) is 0 Å². The summed E-state index contributed by atoms with van der Waals surface area (Å²) in [4.78, 5) is 12.5. The Kier molecular flexibility index (Phi) is 5.79. The van der Waals surface area contributed by atoms with Crippen molar-refractivity contribution in [3.8, 4) is 11.1 Å². The molecule has 0 radical (unpaired) electrons. The fourth-order valence-corrected chi connectivity index (χ4v) is 4.00. The first-order chi connectivity index (χ1) is 12.2. The highest BCUT2D eigenvalue weighted by atomic mass is 79.9. The Bertz CT molecular complexity index is 699. The topological polar surface area (TPSA) is 38.3 Å². The Hall–Kier alpha value is -1.81. The highest BCUT2D eigenvalue weighted by Crippen LogP contribution is 2.52. The molecule has 1 N–H and O–H groups in total. The number of fused-ring (bicyclic) bond motifs is 3. The van der Waals surface area contributed by atoms with E-state index in [0.29, 0.717) is 6.54 Å². The lowest BCUT2D eigenvalue weighted by atomic mass is 9.86. The Morgan fingerprint density at radius 3 is 2.20 bits per heavy atom. The zero-order valence-corrected chi connectivity index (χ0v) is 16.1. The second-order valence-electron chi connectivity index (χ2n) is 6.38. The number of hydrogen-bond acceptors (Lipinski definition) is 2. The lowest BCUT2D eigenvalue weighted by Crippen LogP contribution is -2.37. The van der Waals surface area contributed by atoms with Crippen molar-refractivity contribution in [2.24, 2.45) is 0 Å². The molecule has 2 aromatic rings. The van der Waals surface area contributed by atoms with E-state index in [1.165, 1.54) is 11.1 Å². The number of ether oxygens (including phenoxy) is 1. The van der Waals surface area contributed by atoms with Crippen molar-refractivity contribution >= 4 is 22.0 Å². The van der Waals surface area contributed by atoms with Crippen molar-refractivity contribution < 1.29 is 9.53 Å². The van der Waals surface area contributed by atoms with E-state index in [4.69, 9.17) is 4.74 Å². The Balaban J connectivity index is 2.05. The number of nitrogens with one attached hydrogen (secondary N) is 1. The van der Waals surface area contributed by atoms with E-state index < -0.39 is 5.60 Å². The van der Waals surface area contributed by atoms with Crippen LogP contribution in [0.3, 0.4) is 0 Å². The number of unbranched alkanes of at least 4 members (excludes halogenated alkanes) is 1. The summed E-state index contributed by atoms with van der Waals surface area (Å²) in [7, 11) is 0. The molecule has 3 rings (SSSR count). The first-order valence-electron chi connectivity index (χ1n) is 8.95. The van der Waals surface area contributed by atoms with Gasteiger partial charge in [0.15, 0.2) is 5.60 Å². The smallest absolute Gasteiger partial charge is 0.408 e. The average Bonchev–Trinajstić information content (AvgIpc) is 2.91. The van der Waals surface area contributed by atoms with Crippen molar-refractivity contribution in [2.75, 3.05) is 11.9 Å². The number of rotatable bonds is 7. The van der Waals surface area contributed by atoms with Gasteiger partial charge in [0, 0.05) is 23.0 Å². The van der Waals surface area contributed by atoms with Crippen molar-refractivity contribution in [2.45, 2.75) is 38.2 Å². The summed E-state index contributed by atoms with van der Waals surface area (Å²) in [5.41, 5.74) is 3.82. The minimum atomic E-state index is -0.701. The van der Waals surface area contributed by atoms with Gasteiger partial charge in [-0.2, -0.15) is 0 Å². The number of benzene rings is 2. The Morgan fingerprint density at radius 2 is 1.64 bits per heavy atom. The molecule has 0 saturated heterocycles. The maximum Gasteiger partial charge on any atom is 0.408 e. The maximum atomic E-state index is 12.5. The molecular weight excluding hydrogens is 378 g/mol. The van der Waals surface area contributed by atoms with Crippen LogP contribution in [0.5, 0.6) is 0 Å². The van der Waals surface area contributed by atoms with Crippen LogP contribution in [0.2, 0.25) is 0 Å². The maximum absolute atomic E-state index is 12.5. The number of carbonyl (C=O) groups is 1. The molecule has 1 amide bonds. The number of halogens is 1. The predicted molar refractivity (Wildman–Crippen MR) is 105 cm³/mol. The lowest BCUT2D eigenvalue weighted by molar-refractivity contribution is 0.0338. The van der Waals surface area contributed by atoms with Crippen LogP contribution in [0.4, 0.5) is 4.79 Å². The van der Waals surface area contributed by atoms with Crippen LogP contribution in [-0.4, -0.2) is 18.0 Å².